The van der Waals surface area contributed by atoms with Crippen LogP contribution < -0.4 is 11.1 Å². The highest BCUT2D eigenvalue weighted by Crippen LogP contribution is 2.25. The molecule has 3 nitrogen and oxygen atoms in total. The number of anilines is 2. The predicted octanol–water partition coefficient (Wildman–Crippen LogP) is 3.77. The van der Waals surface area contributed by atoms with Gasteiger partial charge in [-0.2, -0.15) is 0 Å². The largest absolute Gasteiger partial charge is 0.398 e. The Bertz CT molecular complexity index is 662. The molecule has 2 aromatic carbocycles. The van der Waals surface area contributed by atoms with Crippen molar-refractivity contribution in [3.63, 3.8) is 0 Å². The molecule has 0 aliphatic rings. The van der Waals surface area contributed by atoms with Crippen molar-refractivity contribution in [3.8, 4) is 0 Å². The van der Waals surface area contributed by atoms with Crippen LogP contribution in [0.15, 0.2) is 36.4 Å². The van der Waals surface area contributed by atoms with Gasteiger partial charge < -0.3 is 11.1 Å². The van der Waals surface area contributed by atoms with Crippen LogP contribution >= 0.6 is 0 Å². The topological polar surface area (TPSA) is 55.1 Å². The lowest BCUT2D eigenvalue weighted by molar-refractivity contribution is -0.116. The molecule has 3 N–H and O–H groups in total. The third-order valence-electron chi connectivity index (χ3n) is 3.86. The maximum atomic E-state index is 12.2. The molecule has 0 aliphatic heterocycles. The number of rotatable bonds is 4. The monoisotopic (exact) mass is 282 g/mol. The van der Waals surface area contributed by atoms with Gasteiger partial charge in [0.15, 0.2) is 0 Å². The van der Waals surface area contributed by atoms with E-state index < -0.39 is 0 Å². The molecule has 0 heterocycles. The maximum absolute atomic E-state index is 12.2. The maximum Gasteiger partial charge on any atom is 0.224 e. The summed E-state index contributed by atoms with van der Waals surface area (Å²) in [5.41, 5.74) is 11.8. The third-order valence-corrected chi connectivity index (χ3v) is 3.86. The van der Waals surface area contributed by atoms with E-state index in [4.69, 9.17) is 5.73 Å². The lowest BCUT2D eigenvalue weighted by Crippen LogP contribution is -2.15. The number of carbonyl (C=O) groups is 1. The normalized spacial score (nSPS) is 10.4. The summed E-state index contributed by atoms with van der Waals surface area (Å²) in [7, 11) is 0. The van der Waals surface area contributed by atoms with Gasteiger partial charge in [-0.05, 0) is 55.5 Å². The number of nitrogens with two attached hydrogens (primary N) is 1. The van der Waals surface area contributed by atoms with E-state index in [1.54, 1.807) is 0 Å². The SMILES string of the molecule is Cc1ccccc1CCC(=O)Nc1c(C)ccc(N)c1C. The number of hydrogen-bond donors (Lipinski definition) is 2. The summed E-state index contributed by atoms with van der Waals surface area (Å²) in [6, 6.07) is 12.0. The minimum Gasteiger partial charge on any atom is -0.398 e. The highest BCUT2D eigenvalue weighted by molar-refractivity contribution is 5.93. The smallest absolute Gasteiger partial charge is 0.224 e. The Hall–Kier alpha value is -2.29. The highest BCUT2D eigenvalue weighted by Gasteiger charge is 2.10. The van der Waals surface area contributed by atoms with E-state index in [9.17, 15) is 4.79 Å². The summed E-state index contributed by atoms with van der Waals surface area (Å²) in [5, 5.41) is 2.99. The fraction of sp³-hybridized carbons (Fsp3) is 0.278. The molecule has 1 amide bonds. The van der Waals surface area contributed by atoms with Crippen LogP contribution in [0.1, 0.15) is 28.7 Å². The summed E-state index contributed by atoms with van der Waals surface area (Å²) in [6.45, 7) is 5.97. The molecule has 0 aromatic heterocycles. The van der Waals surface area contributed by atoms with Crippen LogP contribution in [-0.2, 0) is 11.2 Å². The zero-order chi connectivity index (χ0) is 15.4. The first kappa shape index (κ1) is 15.1. The van der Waals surface area contributed by atoms with Crippen LogP contribution in [0.5, 0.6) is 0 Å². The van der Waals surface area contributed by atoms with Crippen LogP contribution in [0.3, 0.4) is 0 Å². The zero-order valence-electron chi connectivity index (χ0n) is 12.9. The fourth-order valence-electron chi connectivity index (χ4n) is 2.40. The molecule has 2 aromatic rings. The van der Waals surface area contributed by atoms with Crippen LogP contribution in [0.25, 0.3) is 0 Å². The van der Waals surface area contributed by atoms with Gasteiger partial charge in [-0.25, -0.2) is 0 Å². The molecule has 110 valence electrons. The van der Waals surface area contributed by atoms with Crippen LogP contribution in [-0.4, -0.2) is 5.91 Å². The van der Waals surface area contributed by atoms with Crippen molar-refractivity contribution in [2.24, 2.45) is 0 Å². The van der Waals surface area contributed by atoms with Gasteiger partial charge in [-0.1, -0.05) is 30.3 Å². The van der Waals surface area contributed by atoms with E-state index in [0.717, 1.165) is 23.2 Å². The molecule has 21 heavy (non-hydrogen) atoms. The molecule has 0 saturated carbocycles. The Morgan fingerprint density at radius 3 is 2.48 bits per heavy atom. The summed E-state index contributed by atoms with van der Waals surface area (Å²) in [4.78, 5) is 12.2. The summed E-state index contributed by atoms with van der Waals surface area (Å²) in [6.07, 6.45) is 1.22. The lowest BCUT2D eigenvalue weighted by atomic mass is 10.0. The number of nitrogen functional groups attached to an aromatic ring is 1. The first-order valence-corrected chi connectivity index (χ1v) is 7.19. The number of carbonyl (C=O) groups excluding carboxylic acids is 1. The molecule has 0 radical (unpaired) electrons. The van der Waals surface area contributed by atoms with Gasteiger partial charge in [0.1, 0.15) is 0 Å². The van der Waals surface area contributed by atoms with E-state index in [0.29, 0.717) is 12.1 Å². The minimum absolute atomic E-state index is 0.0232. The van der Waals surface area contributed by atoms with Crippen molar-refractivity contribution in [2.75, 3.05) is 11.1 Å². The number of benzene rings is 2. The molecule has 0 bridgehead atoms. The first-order valence-electron chi connectivity index (χ1n) is 7.19. The Morgan fingerprint density at radius 2 is 1.76 bits per heavy atom. The Kier molecular flexibility index (Phi) is 4.63. The van der Waals surface area contributed by atoms with Crippen LogP contribution in [0.4, 0.5) is 11.4 Å². The van der Waals surface area contributed by atoms with Crippen LogP contribution in [0.2, 0.25) is 0 Å². The van der Waals surface area contributed by atoms with E-state index in [2.05, 4.69) is 24.4 Å². The fourth-order valence-corrected chi connectivity index (χ4v) is 2.40. The summed E-state index contributed by atoms with van der Waals surface area (Å²) >= 11 is 0. The van der Waals surface area contributed by atoms with Crippen molar-refractivity contribution in [3.05, 3.63) is 58.7 Å². The second kappa shape index (κ2) is 6.44. The first-order chi connectivity index (χ1) is 9.99. The molecule has 0 atom stereocenters. The molecule has 3 heteroatoms. The Morgan fingerprint density at radius 1 is 1.05 bits per heavy atom. The quantitative estimate of drug-likeness (QED) is 0.839. The predicted molar refractivity (Wildman–Crippen MR) is 88.5 cm³/mol. The van der Waals surface area contributed by atoms with Gasteiger partial charge in [0.05, 0.1) is 0 Å². The number of nitrogens with one attached hydrogen (secondary N) is 1. The molecule has 0 saturated heterocycles. The van der Waals surface area contributed by atoms with Gasteiger partial charge >= 0.3 is 0 Å². The van der Waals surface area contributed by atoms with Crippen molar-refractivity contribution in [1.82, 2.24) is 0 Å². The van der Waals surface area contributed by atoms with Gasteiger partial charge in [-0.3, -0.25) is 4.79 Å². The number of amides is 1. The third kappa shape index (κ3) is 3.63. The van der Waals surface area contributed by atoms with E-state index in [1.807, 2.05) is 38.1 Å². The molecule has 0 spiro atoms. The van der Waals surface area contributed by atoms with Gasteiger partial charge in [0.25, 0.3) is 0 Å². The Balaban J connectivity index is 2.03. The van der Waals surface area contributed by atoms with Gasteiger partial charge in [-0.15, -0.1) is 0 Å². The molecule has 0 fully saturated rings. The van der Waals surface area contributed by atoms with Crippen molar-refractivity contribution >= 4 is 17.3 Å². The summed E-state index contributed by atoms with van der Waals surface area (Å²) in [5.74, 6) is 0.0232. The highest BCUT2D eigenvalue weighted by atomic mass is 16.1. The van der Waals surface area contributed by atoms with E-state index >= 15 is 0 Å². The molecule has 0 unspecified atom stereocenters. The van der Waals surface area contributed by atoms with Crippen molar-refractivity contribution in [2.45, 2.75) is 33.6 Å². The van der Waals surface area contributed by atoms with Gasteiger partial charge in [0, 0.05) is 17.8 Å². The minimum atomic E-state index is 0.0232. The number of hydrogen-bond acceptors (Lipinski definition) is 2. The van der Waals surface area contributed by atoms with Gasteiger partial charge in [0.2, 0.25) is 5.91 Å². The van der Waals surface area contributed by atoms with E-state index in [1.165, 1.54) is 11.1 Å². The zero-order valence-corrected chi connectivity index (χ0v) is 12.9. The second-order valence-corrected chi connectivity index (χ2v) is 5.45. The molecule has 0 aliphatic carbocycles. The molecular formula is C18H22N2O. The van der Waals surface area contributed by atoms with Crippen LogP contribution in [0, 0.1) is 20.8 Å². The van der Waals surface area contributed by atoms with Crippen molar-refractivity contribution in [1.29, 1.82) is 0 Å². The molecular weight excluding hydrogens is 260 g/mol. The average molecular weight is 282 g/mol. The summed E-state index contributed by atoms with van der Waals surface area (Å²) < 4.78 is 0. The van der Waals surface area contributed by atoms with E-state index in [-0.39, 0.29) is 5.91 Å². The number of aryl methyl sites for hydroxylation is 3. The Labute approximate surface area is 126 Å². The van der Waals surface area contributed by atoms with Crippen molar-refractivity contribution < 1.29 is 4.79 Å². The molecule has 2 rings (SSSR count). The standard InChI is InChI=1S/C18H22N2O/c1-12-6-4-5-7-15(12)9-11-17(21)20-18-13(2)8-10-16(19)14(18)3/h4-8,10H,9,11,19H2,1-3H3,(H,20,21). The second-order valence-electron chi connectivity index (χ2n) is 5.45. The lowest BCUT2D eigenvalue weighted by Gasteiger charge is -2.13. The average Bonchev–Trinajstić information content (AvgIpc) is 2.47.